The zero-order chi connectivity index (χ0) is 27.7. The molecule has 10 heteroatoms. The molecule has 0 bridgehead atoms. The number of benzene rings is 2. The van der Waals surface area contributed by atoms with E-state index in [2.05, 4.69) is 6.92 Å². The van der Waals surface area contributed by atoms with Crippen LogP contribution in [0.1, 0.15) is 48.2 Å². The van der Waals surface area contributed by atoms with E-state index in [0.29, 0.717) is 37.1 Å². The lowest BCUT2D eigenvalue weighted by Gasteiger charge is -2.39. The first-order chi connectivity index (χ1) is 18.2. The number of halogens is 1. The molecule has 0 saturated carbocycles. The van der Waals surface area contributed by atoms with Crippen molar-refractivity contribution in [2.75, 3.05) is 45.6 Å². The van der Waals surface area contributed by atoms with Crippen LogP contribution in [-0.4, -0.2) is 86.0 Å². The maximum atomic E-state index is 13.9. The largest absolute Gasteiger partial charge is 0.383 e. The number of likely N-dealkylation sites (tertiary alicyclic amines) is 1. The van der Waals surface area contributed by atoms with Crippen molar-refractivity contribution in [2.45, 2.75) is 45.7 Å². The second kappa shape index (κ2) is 13.8. The highest BCUT2D eigenvalue weighted by atomic mass is 32.2. The standard InChI is InChI=1S/C28H38FN3O5S/c1-4-22-9-11-24(12-10-22)28(34)30-15-13-26(14-16-30)32(20-23-7-6-8-25(29)19-23)27(33)21-31(17-18-37-3)38(35,36)5-2/h6-12,19,26H,4-5,13-18,20-21H2,1-3H3. The molecule has 0 aromatic heterocycles. The predicted molar refractivity (Wildman–Crippen MR) is 145 cm³/mol. The van der Waals surface area contributed by atoms with Gasteiger partial charge in [0.1, 0.15) is 5.82 Å². The number of rotatable bonds is 12. The van der Waals surface area contributed by atoms with Crippen molar-refractivity contribution in [3.05, 3.63) is 71.0 Å². The second-order valence-corrected chi connectivity index (χ2v) is 11.7. The quantitative estimate of drug-likeness (QED) is 0.407. The maximum absolute atomic E-state index is 13.9. The first-order valence-corrected chi connectivity index (χ1v) is 14.7. The van der Waals surface area contributed by atoms with Crippen LogP contribution in [0.5, 0.6) is 0 Å². The van der Waals surface area contributed by atoms with Gasteiger partial charge in [-0.25, -0.2) is 12.8 Å². The fraction of sp³-hybridized carbons (Fsp3) is 0.500. The molecule has 0 aliphatic carbocycles. The van der Waals surface area contributed by atoms with Crippen molar-refractivity contribution in [3.63, 3.8) is 0 Å². The molecular weight excluding hydrogens is 509 g/mol. The summed E-state index contributed by atoms with van der Waals surface area (Å²) in [6.45, 7) is 4.58. The third-order valence-corrected chi connectivity index (χ3v) is 8.81. The highest BCUT2D eigenvalue weighted by Crippen LogP contribution is 2.22. The smallest absolute Gasteiger partial charge is 0.253 e. The van der Waals surface area contributed by atoms with Crippen LogP contribution in [0.25, 0.3) is 0 Å². The number of carbonyl (C=O) groups excluding carboxylic acids is 2. The number of methoxy groups -OCH3 is 1. The average Bonchev–Trinajstić information content (AvgIpc) is 2.93. The summed E-state index contributed by atoms with van der Waals surface area (Å²) in [6.07, 6.45) is 1.98. The number of nitrogens with zero attached hydrogens (tertiary/aromatic N) is 3. The maximum Gasteiger partial charge on any atom is 0.253 e. The van der Waals surface area contributed by atoms with E-state index in [4.69, 9.17) is 4.74 Å². The topological polar surface area (TPSA) is 87.2 Å². The van der Waals surface area contributed by atoms with Gasteiger partial charge in [0.05, 0.1) is 18.9 Å². The zero-order valence-electron chi connectivity index (χ0n) is 22.4. The Morgan fingerprint density at radius 3 is 2.32 bits per heavy atom. The number of amides is 2. The molecule has 1 aliphatic heterocycles. The molecule has 1 aliphatic rings. The minimum absolute atomic E-state index is 0.0473. The lowest BCUT2D eigenvalue weighted by molar-refractivity contribution is -0.135. The first-order valence-electron chi connectivity index (χ1n) is 13.1. The van der Waals surface area contributed by atoms with E-state index in [1.165, 1.54) is 26.2 Å². The monoisotopic (exact) mass is 547 g/mol. The average molecular weight is 548 g/mol. The van der Waals surface area contributed by atoms with E-state index in [1.54, 1.807) is 21.9 Å². The SMILES string of the molecule is CCc1ccc(C(=O)N2CCC(N(Cc3cccc(F)c3)C(=O)CN(CCOC)S(=O)(=O)CC)CC2)cc1. The van der Waals surface area contributed by atoms with Crippen LogP contribution >= 0.6 is 0 Å². The molecule has 1 saturated heterocycles. The molecule has 0 unspecified atom stereocenters. The summed E-state index contributed by atoms with van der Waals surface area (Å²) in [5.41, 5.74) is 2.41. The van der Waals surface area contributed by atoms with E-state index < -0.39 is 15.8 Å². The predicted octanol–water partition coefficient (Wildman–Crippen LogP) is 3.32. The van der Waals surface area contributed by atoms with Crippen LogP contribution in [0, 0.1) is 5.82 Å². The first kappa shape index (κ1) is 29.7. The molecule has 2 amide bonds. The van der Waals surface area contributed by atoms with Gasteiger partial charge < -0.3 is 14.5 Å². The third kappa shape index (κ3) is 7.85. The molecule has 3 rings (SSSR count). The van der Waals surface area contributed by atoms with Crippen molar-refractivity contribution in [3.8, 4) is 0 Å². The number of piperidine rings is 1. The van der Waals surface area contributed by atoms with E-state index in [9.17, 15) is 22.4 Å². The van der Waals surface area contributed by atoms with Gasteiger partial charge in [-0.1, -0.05) is 31.2 Å². The summed E-state index contributed by atoms with van der Waals surface area (Å²) in [5, 5.41) is 0. The molecule has 0 atom stereocenters. The molecule has 38 heavy (non-hydrogen) atoms. The van der Waals surface area contributed by atoms with Crippen LogP contribution in [-0.2, 0) is 32.5 Å². The summed E-state index contributed by atoms with van der Waals surface area (Å²) in [7, 11) is -2.16. The van der Waals surface area contributed by atoms with Crippen LogP contribution < -0.4 is 0 Å². The Bertz CT molecular complexity index is 1180. The van der Waals surface area contributed by atoms with Crippen molar-refractivity contribution < 1.29 is 27.1 Å². The summed E-state index contributed by atoms with van der Waals surface area (Å²) < 4.78 is 45.4. The Morgan fingerprint density at radius 2 is 1.74 bits per heavy atom. The Labute approximate surface area is 225 Å². The zero-order valence-corrected chi connectivity index (χ0v) is 23.3. The van der Waals surface area contributed by atoms with Crippen molar-refractivity contribution in [2.24, 2.45) is 0 Å². The van der Waals surface area contributed by atoms with E-state index in [1.807, 2.05) is 24.3 Å². The van der Waals surface area contributed by atoms with Gasteiger partial charge in [-0.15, -0.1) is 0 Å². The van der Waals surface area contributed by atoms with E-state index in [0.717, 1.165) is 16.3 Å². The molecule has 2 aromatic rings. The molecule has 1 fully saturated rings. The molecule has 8 nitrogen and oxygen atoms in total. The van der Waals surface area contributed by atoms with Crippen LogP contribution in [0.15, 0.2) is 48.5 Å². The molecule has 0 N–H and O–H groups in total. The Balaban J connectivity index is 1.76. The minimum atomic E-state index is -3.63. The molecule has 0 spiro atoms. The molecule has 1 heterocycles. The van der Waals surface area contributed by atoms with Gasteiger partial charge in [0.25, 0.3) is 5.91 Å². The van der Waals surface area contributed by atoms with Gasteiger partial charge in [-0.2, -0.15) is 4.31 Å². The van der Waals surface area contributed by atoms with Gasteiger partial charge in [-0.3, -0.25) is 9.59 Å². The Morgan fingerprint density at radius 1 is 1.05 bits per heavy atom. The van der Waals surface area contributed by atoms with Crippen LogP contribution in [0.3, 0.4) is 0 Å². The van der Waals surface area contributed by atoms with Crippen molar-refractivity contribution in [1.29, 1.82) is 0 Å². The fourth-order valence-corrected chi connectivity index (χ4v) is 5.66. The number of hydrogen-bond donors (Lipinski definition) is 0. The molecule has 2 aromatic carbocycles. The number of hydrogen-bond acceptors (Lipinski definition) is 5. The van der Waals surface area contributed by atoms with Gasteiger partial charge in [-0.05, 0) is 61.6 Å². The second-order valence-electron chi connectivity index (χ2n) is 9.45. The van der Waals surface area contributed by atoms with Crippen molar-refractivity contribution in [1.82, 2.24) is 14.1 Å². The third-order valence-electron chi connectivity index (χ3n) is 6.98. The van der Waals surface area contributed by atoms with Crippen LogP contribution in [0.4, 0.5) is 4.39 Å². The van der Waals surface area contributed by atoms with Gasteiger partial charge in [0.15, 0.2) is 0 Å². The molecule has 208 valence electrons. The van der Waals surface area contributed by atoms with Crippen LogP contribution in [0.2, 0.25) is 0 Å². The summed E-state index contributed by atoms with van der Waals surface area (Å²) in [4.78, 5) is 30.0. The minimum Gasteiger partial charge on any atom is -0.383 e. The lowest BCUT2D eigenvalue weighted by atomic mass is 10.0. The fourth-order valence-electron chi connectivity index (χ4n) is 4.63. The summed E-state index contributed by atoms with van der Waals surface area (Å²) in [5.74, 6) is -0.941. The number of sulfonamides is 1. The highest BCUT2D eigenvalue weighted by Gasteiger charge is 2.32. The van der Waals surface area contributed by atoms with Gasteiger partial charge >= 0.3 is 0 Å². The number of aryl methyl sites for hydroxylation is 1. The summed E-state index contributed by atoms with van der Waals surface area (Å²) in [6, 6.07) is 13.4. The Hall–Kier alpha value is -2.82. The van der Waals surface area contributed by atoms with E-state index >= 15 is 0 Å². The number of carbonyl (C=O) groups is 2. The normalized spacial score (nSPS) is 14.6. The van der Waals surface area contributed by atoms with Gasteiger partial charge in [0.2, 0.25) is 15.9 Å². The highest BCUT2D eigenvalue weighted by molar-refractivity contribution is 7.89. The molecule has 0 radical (unpaired) electrons. The van der Waals surface area contributed by atoms with E-state index in [-0.39, 0.29) is 49.9 Å². The van der Waals surface area contributed by atoms with Crippen molar-refractivity contribution >= 4 is 21.8 Å². The van der Waals surface area contributed by atoms with Gasteiger partial charge in [0, 0.05) is 44.9 Å². The lowest BCUT2D eigenvalue weighted by Crippen LogP contribution is -2.51. The molecular formula is C28H38FN3O5S. The number of ether oxygens (including phenoxy) is 1. The summed E-state index contributed by atoms with van der Waals surface area (Å²) >= 11 is 0. The Kier molecular flexibility index (Phi) is 10.8.